The number of carbonyl (C=O) groups excluding carboxylic acids is 2. The fourth-order valence-corrected chi connectivity index (χ4v) is 2.42. The minimum absolute atomic E-state index is 0.0393. The Balaban J connectivity index is 2.58. The predicted molar refractivity (Wildman–Crippen MR) is 70.9 cm³/mol. The summed E-state index contributed by atoms with van der Waals surface area (Å²) in [6.07, 6.45) is 3.62. The molecule has 1 aliphatic rings. The summed E-state index contributed by atoms with van der Waals surface area (Å²) < 4.78 is 0. The normalized spacial score (nSPS) is 23.7. The van der Waals surface area contributed by atoms with Gasteiger partial charge in [0.2, 0.25) is 11.8 Å². The van der Waals surface area contributed by atoms with Crippen molar-refractivity contribution in [3.63, 3.8) is 0 Å². The summed E-state index contributed by atoms with van der Waals surface area (Å²) in [5.74, 6) is -0.297. The van der Waals surface area contributed by atoms with Crippen molar-refractivity contribution in [1.82, 2.24) is 10.2 Å². The van der Waals surface area contributed by atoms with Crippen LogP contribution < -0.4 is 11.1 Å². The summed E-state index contributed by atoms with van der Waals surface area (Å²) in [6.45, 7) is 5.72. The van der Waals surface area contributed by atoms with Crippen LogP contribution >= 0.6 is 0 Å². The van der Waals surface area contributed by atoms with E-state index >= 15 is 0 Å². The van der Waals surface area contributed by atoms with E-state index in [0.29, 0.717) is 12.6 Å². The third-order valence-corrected chi connectivity index (χ3v) is 3.41. The Morgan fingerprint density at radius 3 is 2.72 bits per heavy atom. The van der Waals surface area contributed by atoms with Crippen LogP contribution in [0.5, 0.6) is 0 Å². The zero-order valence-electron chi connectivity index (χ0n) is 11.4. The summed E-state index contributed by atoms with van der Waals surface area (Å²) in [4.78, 5) is 25.0. The summed E-state index contributed by atoms with van der Waals surface area (Å²) in [5.41, 5.74) is 5.21. The Labute approximate surface area is 109 Å². The van der Waals surface area contributed by atoms with E-state index in [1.807, 2.05) is 0 Å². The lowest BCUT2D eigenvalue weighted by Gasteiger charge is -2.31. The van der Waals surface area contributed by atoms with Gasteiger partial charge in [-0.25, -0.2) is 0 Å². The number of piperidine rings is 1. The molecule has 0 bridgehead atoms. The molecule has 0 aliphatic carbocycles. The fourth-order valence-electron chi connectivity index (χ4n) is 2.42. The number of nitrogens with one attached hydrogen (secondary N) is 1. The molecule has 1 saturated heterocycles. The van der Waals surface area contributed by atoms with Gasteiger partial charge in [-0.05, 0) is 32.7 Å². The van der Waals surface area contributed by atoms with Crippen LogP contribution in [-0.2, 0) is 9.59 Å². The standard InChI is InChI=1S/C13H25N3O2/c1-3-4-7-16(9-12(14)17)13(18)11-5-6-15-10(2)8-11/h10-11,15H,3-9H2,1-2H3,(H2,14,17). The zero-order valence-corrected chi connectivity index (χ0v) is 11.4. The SMILES string of the molecule is CCCCN(CC(N)=O)C(=O)C1CCNC(C)C1. The Morgan fingerprint density at radius 1 is 1.44 bits per heavy atom. The minimum atomic E-state index is -0.429. The van der Waals surface area contributed by atoms with Gasteiger partial charge < -0.3 is 16.0 Å². The van der Waals surface area contributed by atoms with Crippen molar-refractivity contribution >= 4 is 11.8 Å². The molecule has 2 amide bonds. The molecule has 0 aromatic rings. The fraction of sp³-hybridized carbons (Fsp3) is 0.846. The second-order valence-electron chi connectivity index (χ2n) is 5.16. The Morgan fingerprint density at radius 2 is 2.17 bits per heavy atom. The van der Waals surface area contributed by atoms with Gasteiger partial charge >= 0.3 is 0 Å². The first-order chi connectivity index (χ1) is 8.54. The molecule has 0 saturated carbocycles. The highest BCUT2D eigenvalue weighted by atomic mass is 16.2. The molecule has 2 atom stereocenters. The van der Waals surface area contributed by atoms with Gasteiger partial charge in [-0.2, -0.15) is 0 Å². The van der Waals surface area contributed by atoms with Crippen LogP contribution in [0.4, 0.5) is 0 Å². The average Bonchev–Trinajstić information content (AvgIpc) is 2.33. The minimum Gasteiger partial charge on any atom is -0.368 e. The van der Waals surface area contributed by atoms with Gasteiger partial charge in [0.15, 0.2) is 0 Å². The summed E-state index contributed by atoms with van der Waals surface area (Å²) in [5, 5.41) is 3.33. The van der Waals surface area contributed by atoms with Crippen LogP contribution in [0.2, 0.25) is 0 Å². The van der Waals surface area contributed by atoms with Gasteiger partial charge in [0.1, 0.15) is 0 Å². The van der Waals surface area contributed by atoms with E-state index in [2.05, 4.69) is 19.2 Å². The third kappa shape index (κ3) is 4.64. The summed E-state index contributed by atoms with van der Waals surface area (Å²) in [7, 11) is 0. The quantitative estimate of drug-likeness (QED) is 0.725. The van der Waals surface area contributed by atoms with Crippen molar-refractivity contribution in [1.29, 1.82) is 0 Å². The molecule has 18 heavy (non-hydrogen) atoms. The first-order valence-electron chi connectivity index (χ1n) is 6.85. The molecule has 1 aliphatic heterocycles. The lowest BCUT2D eigenvalue weighted by atomic mass is 9.92. The maximum Gasteiger partial charge on any atom is 0.237 e. The molecule has 1 rings (SSSR count). The van der Waals surface area contributed by atoms with Gasteiger partial charge in [-0.1, -0.05) is 13.3 Å². The molecule has 2 unspecified atom stereocenters. The van der Waals surface area contributed by atoms with Gasteiger partial charge in [0.05, 0.1) is 6.54 Å². The highest BCUT2D eigenvalue weighted by Gasteiger charge is 2.28. The van der Waals surface area contributed by atoms with Gasteiger partial charge in [-0.15, -0.1) is 0 Å². The molecular weight excluding hydrogens is 230 g/mol. The summed E-state index contributed by atoms with van der Waals surface area (Å²) >= 11 is 0. The monoisotopic (exact) mass is 255 g/mol. The number of hydrogen-bond acceptors (Lipinski definition) is 3. The van der Waals surface area contributed by atoms with Crippen LogP contribution in [0.15, 0.2) is 0 Å². The van der Waals surface area contributed by atoms with Crippen molar-refractivity contribution < 1.29 is 9.59 Å². The first-order valence-corrected chi connectivity index (χ1v) is 6.85. The molecule has 104 valence electrons. The van der Waals surface area contributed by atoms with E-state index in [1.54, 1.807) is 4.90 Å². The van der Waals surface area contributed by atoms with Crippen LogP contribution in [0.25, 0.3) is 0 Å². The van der Waals surface area contributed by atoms with Gasteiger partial charge in [0, 0.05) is 18.5 Å². The number of carbonyl (C=O) groups is 2. The largest absolute Gasteiger partial charge is 0.368 e. The van der Waals surface area contributed by atoms with Crippen molar-refractivity contribution in [2.45, 2.75) is 45.6 Å². The van der Waals surface area contributed by atoms with Gasteiger partial charge in [0.25, 0.3) is 0 Å². The molecule has 3 N–H and O–H groups in total. The van der Waals surface area contributed by atoms with E-state index in [9.17, 15) is 9.59 Å². The molecule has 0 aromatic heterocycles. The Bertz CT molecular complexity index is 294. The average molecular weight is 255 g/mol. The maximum atomic E-state index is 12.4. The first kappa shape index (κ1) is 15.0. The molecule has 0 aromatic carbocycles. The highest BCUT2D eigenvalue weighted by Crippen LogP contribution is 2.19. The number of unbranched alkanes of at least 4 members (excludes halogenated alkanes) is 1. The molecule has 0 radical (unpaired) electrons. The lowest BCUT2D eigenvalue weighted by Crippen LogP contribution is -2.46. The van der Waals surface area contributed by atoms with Crippen molar-refractivity contribution in [2.75, 3.05) is 19.6 Å². The van der Waals surface area contributed by atoms with E-state index in [1.165, 1.54) is 0 Å². The third-order valence-electron chi connectivity index (χ3n) is 3.41. The van der Waals surface area contributed by atoms with Crippen molar-refractivity contribution in [3.8, 4) is 0 Å². The van der Waals surface area contributed by atoms with Crippen LogP contribution in [0.1, 0.15) is 39.5 Å². The summed E-state index contributed by atoms with van der Waals surface area (Å²) in [6, 6.07) is 0.370. The maximum absolute atomic E-state index is 12.4. The molecule has 1 heterocycles. The van der Waals surface area contributed by atoms with E-state index < -0.39 is 5.91 Å². The Kier molecular flexibility index (Phi) is 6.12. The molecular formula is C13H25N3O2. The molecule has 5 heteroatoms. The van der Waals surface area contributed by atoms with Crippen molar-refractivity contribution in [2.24, 2.45) is 11.7 Å². The number of hydrogen-bond donors (Lipinski definition) is 2. The van der Waals surface area contributed by atoms with Crippen LogP contribution in [-0.4, -0.2) is 42.4 Å². The zero-order chi connectivity index (χ0) is 13.5. The topological polar surface area (TPSA) is 75.4 Å². The van der Waals surface area contributed by atoms with E-state index in [4.69, 9.17) is 5.73 Å². The molecule has 5 nitrogen and oxygen atoms in total. The Hall–Kier alpha value is -1.10. The van der Waals surface area contributed by atoms with E-state index in [-0.39, 0.29) is 18.4 Å². The second-order valence-corrected chi connectivity index (χ2v) is 5.16. The second kappa shape index (κ2) is 7.36. The van der Waals surface area contributed by atoms with Crippen molar-refractivity contribution in [3.05, 3.63) is 0 Å². The van der Waals surface area contributed by atoms with Crippen LogP contribution in [0.3, 0.4) is 0 Å². The highest BCUT2D eigenvalue weighted by molar-refractivity contribution is 5.85. The number of primary amides is 1. The van der Waals surface area contributed by atoms with E-state index in [0.717, 1.165) is 32.2 Å². The molecule has 0 spiro atoms. The lowest BCUT2D eigenvalue weighted by molar-refractivity contribution is -0.139. The predicted octanol–water partition coefficient (Wildman–Crippen LogP) is 0.489. The smallest absolute Gasteiger partial charge is 0.237 e. The molecule has 1 fully saturated rings. The van der Waals surface area contributed by atoms with Crippen LogP contribution in [0, 0.1) is 5.92 Å². The number of nitrogens with two attached hydrogens (primary N) is 1. The number of rotatable bonds is 6. The number of amides is 2. The number of nitrogens with zero attached hydrogens (tertiary/aromatic N) is 1. The van der Waals surface area contributed by atoms with Gasteiger partial charge in [-0.3, -0.25) is 9.59 Å².